The lowest BCUT2D eigenvalue weighted by Gasteiger charge is -2.24. The Morgan fingerprint density at radius 1 is 1.14 bits per heavy atom. The Kier molecular flexibility index (Phi) is 4.47. The van der Waals surface area contributed by atoms with Crippen molar-refractivity contribution in [3.05, 3.63) is 29.8 Å². The first-order chi connectivity index (χ1) is 10.3. The Balaban J connectivity index is 1.61. The van der Waals surface area contributed by atoms with E-state index in [4.69, 9.17) is 4.74 Å². The molecular weight excluding hydrogens is 262 g/mol. The van der Waals surface area contributed by atoms with Crippen LogP contribution in [0.3, 0.4) is 0 Å². The second-order valence-electron chi connectivity index (χ2n) is 6.46. The fourth-order valence-electron chi connectivity index (χ4n) is 3.31. The molecule has 114 valence electrons. The molecule has 0 heterocycles. The quantitative estimate of drug-likeness (QED) is 0.797. The zero-order valence-corrected chi connectivity index (χ0v) is 12.9. The number of methoxy groups -OCH3 is 1. The summed E-state index contributed by atoms with van der Waals surface area (Å²) in [5, 5.41) is 0. The van der Waals surface area contributed by atoms with Crippen molar-refractivity contribution in [2.45, 2.75) is 57.5 Å². The van der Waals surface area contributed by atoms with Gasteiger partial charge in [0.25, 0.3) is 0 Å². The smallest absolute Gasteiger partial charge is 0.223 e. The fourth-order valence-corrected chi connectivity index (χ4v) is 3.31. The lowest BCUT2D eigenvalue weighted by molar-refractivity contribution is -0.133. The Bertz CT molecular complexity index is 472. The number of amides is 1. The minimum atomic E-state index is 0.361. The molecule has 0 saturated heterocycles. The number of carbonyl (C=O) groups excluding carboxylic acids is 1. The molecule has 0 N–H and O–H groups in total. The van der Waals surface area contributed by atoms with Crippen LogP contribution in [0.25, 0.3) is 0 Å². The van der Waals surface area contributed by atoms with Crippen molar-refractivity contribution in [2.75, 3.05) is 7.11 Å². The van der Waals surface area contributed by atoms with Crippen LogP contribution in [0.15, 0.2) is 24.3 Å². The summed E-state index contributed by atoms with van der Waals surface area (Å²) in [6.45, 7) is 0.750. The minimum absolute atomic E-state index is 0.361. The normalized spacial score (nSPS) is 18.7. The van der Waals surface area contributed by atoms with Crippen LogP contribution < -0.4 is 4.74 Å². The molecule has 1 aromatic carbocycles. The van der Waals surface area contributed by atoms with E-state index < -0.39 is 0 Å². The molecule has 3 rings (SSSR count). The molecule has 0 atom stereocenters. The minimum Gasteiger partial charge on any atom is -0.497 e. The van der Waals surface area contributed by atoms with Crippen molar-refractivity contribution in [2.24, 2.45) is 5.92 Å². The van der Waals surface area contributed by atoms with Crippen LogP contribution in [-0.4, -0.2) is 24.0 Å². The van der Waals surface area contributed by atoms with Gasteiger partial charge in [0.05, 0.1) is 7.11 Å². The average molecular weight is 287 g/mol. The van der Waals surface area contributed by atoms with Crippen LogP contribution in [0, 0.1) is 5.92 Å². The van der Waals surface area contributed by atoms with Crippen LogP contribution in [0.5, 0.6) is 5.75 Å². The van der Waals surface area contributed by atoms with Gasteiger partial charge in [-0.2, -0.15) is 0 Å². The largest absolute Gasteiger partial charge is 0.497 e. The number of carbonyl (C=O) groups is 1. The van der Waals surface area contributed by atoms with E-state index in [-0.39, 0.29) is 0 Å². The van der Waals surface area contributed by atoms with Crippen molar-refractivity contribution in [3.63, 3.8) is 0 Å². The predicted octanol–water partition coefficient (Wildman–Crippen LogP) is 3.77. The number of hydrogen-bond donors (Lipinski definition) is 0. The first-order valence-corrected chi connectivity index (χ1v) is 8.18. The zero-order valence-electron chi connectivity index (χ0n) is 12.9. The molecule has 2 aliphatic carbocycles. The van der Waals surface area contributed by atoms with E-state index >= 15 is 0 Å². The standard InChI is InChI=1S/C18H25NO2/c1-21-17-10-6-15(7-11-17)13-19(16-8-9-16)18(20)12-14-4-2-3-5-14/h6-7,10-11,14,16H,2-5,8-9,12-13H2,1H3. The van der Waals surface area contributed by atoms with Gasteiger partial charge >= 0.3 is 0 Å². The van der Waals surface area contributed by atoms with E-state index in [1.54, 1.807) is 7.11 Å². The third-order valence-corrected chi connectivity index (χ3v) is 4.76. The fraction of sp³-hybridized carbons (Fsp3) is 0.611. The molecule has 0 unspecified atom stereocenters. The molecule has 1 amide bonds. The monoisotopic (exact) mass is 287 g/mol. The maximum atomic E-state index is 12.6. The molecule has 2 saturated carbocycles. The van der Waals surface area contributed by atoms with Crippen molar-refractivity contribution in [3.8, 4) is 5.75 Å². The Hall–Kier alpha value is -1.51. The molecule has 0 aliphatic heterocycles. The van der Waals surface area contributed by atoms with Gasteiger partial charge in [-0.1, -0.05) is 25.0 Å². The summed E-state index contributed by atoms with van der Waals surface area (Å²) in [6, 6.07) is 8.57. The van der Waals surface area contributed by atoms with Crippen molar-refractivity contribution in [1.82, 2.24) is 4.90 Å². The lowest BCUT2D eigenvalue weighted by atomic mass is 10.0. The third kappa shape index (κ3) is 3.78. The molecule has 3 heteroatoms. The van der Waals surface area contributed by atoms with Gasteiger partial charge in [-0.15, -0.1) is 0 Å². The molecule has 0 radical (unpaired) electrons. The van der Waals surface area contributed by atoms with Crippen molar-refractivity contribution < 1.29 is 9.53 Å². The molecule has 2 fully saturated rings. The summed E-state index contributed by atoms with van der Waals surface area (Å²) in [5.74, 6) is 1.86. The molecule has 0 spiro atoms. The maximum absolute atomic E-state index is 12.6. The number of benzene rings is 1. The Morgan fingerprint density at radius 3 is 2.38 bits per heavy atom. The van der Waals surface area contributed by atoms with Crippen LogP contribution >= 0.6 is 0 Å². The predicted molar refractivity (Wildman–Crippen MR) is 83.1 cm³/mol. The third-order valence-electron chi connectivity index (χ3n) is 4.76. The van der Waals surface area contributed by atoms with E-state index in [2.05, 4.69) is 17.0 Å². The highest BCUT2D eigenvalue weighted by atomic mass is 16.5. The van der Waals surface area contributed by atoms with E-state index in [1.807, 2.05) is 12.1 Å². The van der Waals surface area contributed by atoms with Gasteiger partial charge in [0, 0.05) is 19.0 Å². The highest BCUT2D eigenvalue weighted by molar-refractivity contribution is 5.77. The van der Waals surface area contributed by atoms with Crippen LogP contribution in [0.1, 0.15) is 50.5 Å². The number of ether oxygens (including phenoxy) is 1. The summed E-state index contributed by atoms with van der Waals surface area (Å²) >= 11 is 0. The lowest BCUT2D eigenvalue weighted by Crippen LogP contribution is -2.33. The summed E-state index contributed by atoms with van der Waals surface area (Å²) in [4.78, 5) is 14.7. The summed E-state index contributed by atoms with van der Waals surface area (Å²) < 4.78 is 5.19. The number of rotatable bonds is 6. The van der Waals surface area contributed by atoms with Crippen molar-refractivity contribution in [1.29, 1.82) is 0 Å². The Morgan fingerprint density at radius 2 is 1.81 bits per heavy atom. The van der Waals surface area contributed by atoms with Gasteiger partial charge in [0.1, 0.15) is 5.75 Å². The summed E-state index contributed by atoms with van der Waals surface area (Å²) in [6.07, 6.45) is 8.20. The van der Waals surface area contributed by atoms with E-state index in [0.717, 1.165) is 18.7 Å². The first-order valence-electron chi connectivity index (χ1n) is 8.18. The molecule has 1 aromatic rings. The molecular formula is C18H25NO2. The van der Waals surface area contributed by atoms with Gasteiger partial charge in [0.15, 0.2) is 0 Å². The SMILES string of the molecule is COc1ccc(CN(C(=O)CC2CCCC2)C2CC2)cc1. The number of hydrogen-bond acceptors (Lipinski definition) is 2. The van der Waals surface area contributed by atoms with Gasteiger partial charge in [0.2, 0.25) is 5.91 Å². The first kappa shape index (κ1) is 14.4. The van der Waals surface area contributed by atoms with E-state index in [1.165, 1.54) is 44.1 Å². The second-order valence-corrected chi connectivity index (χ2v) is 6.46. The molecule has 3 nitrogen and oxygen atoms in total. The molecule has 2 aliphatic rings. The molecule has 21 heavy (non-hydrogen) atoms. The molecule has 0 aromatic heterocycles. The zero-order chi connectivity index (χ0) is 14.7. The summed E-state index contributed by atoms with van der Waals surface area (Å²) in [5.41, 5.74) is 1.20. The highest BCUT2D eigenvalue weighted by Crippen LogP contribution is 2.33. The van der Waals surface area contributed by atoms with Crippen molar-refractivity contribution >= 4 is 5.91 Å². The van der Waals surface area contributed by atoms with Gasteiger partial charge in [-0.3, -0.25) is 4.79 Å². The van der Waals surface area contributed by atoms with E-state index in [9.17, 15) is 4.79 Å². The maximum Gasteiger partial charge on any atom is 0.223 e. The van der Waals surface area contributed by atoms with Gasteiger partial charge in [-0.25, -0.2) is 0 Å². The van der Waals surface area contributed by atoms with Gasteiger partial charge < -0.3 is 9.64 Å². The van der Waals surface area contributed by atoms with Crippen LogP contribution in [-0.2, 0) is 11.3 Å². The second kappa shape index (κ2) is 6.50. The topological polar surface area (TPSA) is 29.5 Å². The van der Waals surface area contributed by atoms with Crippen LogP contribution in [0.2, 0.25) is 0 Å². The summed E-state index contributed by atoms with van der Waals surface area (Å²) in [7, 11) is 1.68. The molecule has 0 bridgehead atoms. The Labute approximate surface area is 127 Å². The van der Waals surface area contributed by atoms with E-state index in [0.29, 0.717) is 17.9 Å². The highest BCUT2D eigenvalue weighted by Gasteiger charge is 2.33. The van der Waals surface area contributed by atoms with Crippen LogP contribution in [0.4, 0.5) is 0 Å². The number of nitrogens with zero attached hydrogens (tertiary/aromatic N) is 1. The average Bonchev–Trinajstić information content (AvgIpc) is 3.22. The van der Waals surface area contributed by atoms with Gasteiger partial charge in [-0.05, 0) is 49.3 Å².